The normalized spacial score (nSPS) is 12.0. The molecule has 0 bridgehead atoms. The van der Waals surface area contributed by atoms with Crippen molar-refractivity contribution in [1.29, 1.82) is 0 Å². The summed E-state index contributed by atoms with van der Waals surface area (Å²) in [5.41, 5.74) is 3.84. The third kappa shape index (κ3) is 7.68. The molecule has 1 atom stereocenters. The highest BCUT2D eigenvalue weighted by molar-refractivity contribution is 9.10. The third-order valence-corrected chi connectivity index (χ3v) is 8.01. The van der Waals surface area contributed by atoms with E-state index in [9.17, 15) is 18.0 Å². The van der Waals surface area contributed by atoms with Gasteiger partial charge in [-0.1, -0.05) is 70.5 Å². The SMILES string of the molecule is CCNC(=O)[C@H](Cc1ccccc1)N(Cc1cccc(Br)c1)C(=O)CN(c1cccc(C)c1C)S(C)(=O)=O. The molecular formula is C29H34BrN3O4S. The molecule has 1 N–H and O–H groups in total. The van der Waals surface area contributed by atoms with Crippen molar-refractivity contribution in [2.75, 3.05) is 23.7 Å². The van der Waals surface area contributed by atoms with E-state index < -0.39 is 28.5 Å². The van der Waals surface area contributed by atoms with Gasteiger partial charge in [-0.3, -0.25) is 13.9 Å². The Hall–Kier alpha value is -3.17. The maximum absolute atomic E-state index is 14.0. The second-order valence-electron chi connectivity index (χ2n) is 9.24. The van der Waals surface area contributed by atoms with Crippen LogP contribution in [-0.4, -0.2) is 50.5 Å². The van der Waals surface area contributed by atoms with Gasteiger partial charge in [0.25, 0.3) is 0 Å². The van der Waals surface area contributed by atoms with E-state index in [1.807, 2.05) is 81.4 Å². The van der Waals surface area contributed by atoms with Crippen LogP contribution in [0.5, 0.6) is 0 Å². The highest BCUT2D eigenvalue weighted by Gasteiger charge is 2.33. The lowest BCUT2D eigenvalue weighted by Gasteiger charge is -2.34. The second-order valence-corrected chi connectivity index (χ2v) is 12.1. The van der Waals surface area contributed by atoms with Gasteiger partial charge in [0.05, 0.1) is 11.9 Å². The molecule has 0 unspecified atom stereocenters. The van der Waals surface area contributed by atoms with Gasteiger partial charge < -0.3 is 10.2 Å². The first-order chi connectivity index (χ1) is 18.0. The Morgan fingerprint density at radius 1 is 0.947 bits per heavy atom. The highest BCUT2D eigenvalue weighted by atomic mass is 79.9. The van der Waals surface area contributed by atoms with Crippen molar-refractivity contribution < 1.29 is 18.0 Å². The van der Waals surface area contributed by atoms with E-state index in [1.165, 1.54) is 4.90 Å². The van der Waals surface area contributed by atoms with Crippen molar-refractivity contribution in [2.24, 2.45) is 0 Å². The van der Waals surface area contributed by atoms with E-state index in [4.69, 9.17) is 0 Å². The fourth-order valence-electron chi connectivity index (χ4n) is 4.28. The molecule has 0 radical (unpaired) electrons. The lowest BCUT2D eigenvalue weighted by atomic mass is 10.0. The molecule has 3 aromatic carbocycles. The van der Waals surface area contributed by atoms with E-state index in [1.54, 1.807) is 12.1 Å². The van der Waals surface area contributed by atoms with Crippen molar-refractivity contribution in [3.8, 4) is 0 Å². The zero-order valence-electron chi connectivity index (χ0n) is 22.1. The number of sulfonamides is 1. The van der Waals surface area contributed by atoms with Crippen LogP contribution in [0.15, 0.2) is 77.3 Å². The number of rotatable bonds is 11. The standard InChI is InChI=1S/C29H34BrN3O4S/c1-5-31-29(35)27(18-23-12-7-6-8-13-23)32(19-24-14-10-15-25(30)17-24)28(34)20-33(38(4,36)37)26-16-9-11-21(2)22(26)3/h6-17,27H,5,18-20H2,1-4H3,(H,31,35)/t27-/m0/s1. The number of hydrogen-bond donors (Lipinski definition) is 1. The van der Waals surface area contributed by atoms with Crippen LogP contribution in [0.3, 0.4) is 0 Å². The molecule has 0 aromatic heterocycles. The maximum Gasteiger partial charge on any atom is 0.244 e. The largest absolute Gasteiger partial charge is 0.355 e. The minimum absolute atomic E-state index is 0.136. The Bertz CT molecular complexity index is 1380. The average molecular weight is 601 g/mol. The van der Waals surface area contributed by atoms with E-state index >= 15 is 0 Å². The molecule has 3 aromatic rings. The number of likely N-dealkylation sites (N-methyl/N-ethyl adjacent to an activating group) is 1. The van der Waals surface area contributed by atoms with Crippen molar-refractivity contribution in [1.82, 2.24) is 10.2 Å². The van der Waals surface area contributed by atoms with Gasteiger partial charge in [0, 0.05) is 24.0 Å². The number of carbonyl (C=O) groups is 2. The average Bonchev–Trinajstić information content (AvgIpc) is 2.86. The van der Waals surface area contributed by atoms with Gasteiger partial charge in [-0.05, 0) is 61.2 Å². The summed E-state index contributed by atoms with van der Waals surface area (Å²) in [6.07, 6.45) is 1.38. The number of anilines is 1. The van der Waals surface area contributed by atoms with Gasteiger partial charge in [-0.25, -0.2) is 8.42 Å². The number of carbonyl (C=O) groups excluding carboxylic acids is 2. The quantitative estimate of drug-likeness (QED) is 0.349. The van der Waals surface area contributed by atoms with Crippen molar-refractivity contribution in [3.63, 3.8) is 0 Å². The number of nitrogens with one attached hydrogen (secondary N) is 1. The Morgan fingerprint density at radius 2 is 1.61 bits per heavy atom. The molecule has 38 heavy (non-hydrogen) atoms. The third-order valence-electron chi connectivity index (χ3n) is 6.39. The highest BCUT2D eigenvalue weighted by Crippen LogP contribution is 2.26. The second kappa shape index (κ2) is 13.1. The fraction of sp³-hybridized carbons (Fsp3) is 0.310. The predicted octanol–water partition coefficient (Wildman–Crippen LogP) is 4.61. The van der Waals surface area contributed by atoms with Gasteiger partial charge in [0.2, 0.25) is 21.8 Å². The van der Waals surface area contributed by atoms with Crippen LogP contribution in [0, 0.1) is 13.8 Å². The molecule has 0 aliphatic rings. The lowest BCUT2D eigenvalue weighted by molar-refractivity contribution is -0.140. The summed E-state index contributed by atoms with van der Waals surface area (Å²) in [7, 11) is -3.80. The molecular weight excluding hydrogens is 566 g/mol. The molecule has 0 aliphatic heterocycles. The Kier molecular flexibility index (Phi) is 10.1. The predicted molar refractivity (Wildman–Crippen MR) is 155 cm³/mol. The number of benzene rings is 3. The lowest BCUT2D eigenvalue weighted by Crippen LogP contribution is -2.53. The number of hydrogen-bond acceptors (Lipinski definition) is 4. The summed E-state index contributed by atoms with van der Waals surface area (Å²) < 4.78 is 27.8. The zero-order valence-corrected chi connectivity index (χ0v) is 24.6. The summed E-state index contributed by atoms with van der Waals surface area (Å²) in [6.45, 7) is 5.66. The number of halogens is 1. The topological polar surface area (TPSA) is 86.8 Å². The molecule has 0 aliphatic carbocycles. The van der Waals surface area contributed by atoms with E-state index in [0.717, 1.165) is 37.3 Å². The minimum atomic E-state index is -3.80. The van der Waals surface area contributed by atoms with Gasteiger partial charge >= 0.3 is 0 Å². The Balaban J connectivity index is 2.07. The molecule has 3 rings (SSSR count). The van der Waals surface area contributed by atoms with Crippen LogP contribution in [0.1, 0.15) is 29.2 Å². The van der Waals surface area contributed by atoms with Gasteiger partial charge in [0.1, 0.15) is 12.6 Å². The monoisotopic (exact) mass is 599 g/mol. The van der Waals surface area contributed by atoms with E-state index in [0.29, 0.717) is 12.2 Å². The summed E-state index contributed by atoms with van der Waals surface area (Å²) >= 11 is 3.48. The molecule has 202 valence electrons. The Labute approximate surface area is 234 Å². The van der Waals surface area contributed by atoms with Crippen LogP contribution in [-0.2, 0) is 32.6 Å². The van der Waals surface area contributed by atoms with Gasteiger partial charge in [-0.2, -0.15) is 0 Å². The molecule has 0 saturated heterocycles. The molecule has 9 heteroatoms. The molecule has 0 saturated carbocycles. The zero-order chi connectivity index (χ0) is 27.9. The number of aryl methyl sites for hydroxylation is 1. The van der Waals surface area contributed by atoms with Crippen molar-refractivity contribution in [2.45, 2.75) is 39.8 Å². The summed E-state index contributed by atoms with van der Waals surface area (Å²) in [5.74, 6) is -0.763. The van der Waals surface area contributed by atoms with E-state index in [-0.39, 0.29) is 18.9 Å². The molecule has 2 amide bonds. The number of amides is 2. The van der Waals surface area contributed by atoms with Crippen LogP contribution >= 0.6 is 15.9 Å². The van der Waals surface area contributed by atoms with Crippen LogP contribution in [0.25, 0.3) is 0 Å². The molecule has 0 spiro atoms. The summed E-state index contributed by atoms with van der Waals surface area (Å²) in [4.78, 5) is 28.9. The number of nitrogens with zero attached hydrogens (tertiary/aromatic N) is 2. The first-order valence-corrected chi connectivity index (χ1v) is 15.0. The smallest absolute Gasteiger partial charge is 0.244 e. The first kappa shape index (κ1) is 29.4. The summed E-state index contributed by atoms with van der Waals surface area (Å²) in [6, 6.07) is 21.5. The summed E-state index contributed by atoms with van der Waals surface area (Å²) in [5, 5.41) is 2.86. The first-order valence-electron chi connectivity index (χ1n) is 12.4. The maximum atomic E-state index is 14.0. The molecule has 7 nitrogen and oxygen atoms in total. The van der Waals surface area contributed by atoms with E-state index in [2.05, 4.69) is 21.2 Å². The van der Waals surface area contributed by atoms with Crippen LogP contribution < -0.4 is 9.62 Å². The molecule has 0 heterocycles. The Morgan fingerprint density at radius 3 is 2.24 bits per heavy atom. The minimum Gasteiger partial charge on any atom is -0.355 e. The van der Waals surface area contributed by atoms with Crippen LogP contribution in [0.4, 0.5) is 5.69 Å². The van der Waals surface area contributed by atoms with Crippen molar-refractivity contribution in [3.05, 3.63) is 99.5 Å². The van der Waals surface area contributed by atoms with Crippen molar-refractivity contribution >= 4 is 43.5 Å². The van der Waals surface area contributed by atoms with Gasteiger partial charge in [-0.15, -0.1) is 0 Å². The van der Waals surface area contributed by atoms with Gasteiger partial charge in [0.15, 0.2) is 0 Å². The fourth-order valence-corrected chi connectivity index (χ4v) is 5.63. The van der Waals surface area contributed by atoms with Crippen LogP contribution in [0.2, 0.25) is 0 Å². The molecule has 0 fully saturated rings.